The number of hydrogen-bond donors (Lipinski definition) is 0. The maximum atomic E-state index is 13.0. The first-order chi connectivity index (χ1) is 14.0. The Bertz CT molecular complexity index is 625. The van der Waals surface area contributed by atoms with Crippen molar-refractivity contribution in [3.05, 3.63) is 0 Å². The van der Waals surface area contributed by atoms with Gasteiger partial charge in [-0.3, -0.25) is 0 Å². The van der Waals surface area contributed by atoms with Crippen LogP contribution in [0.2, 0.25) is 18.1 Å². The largest absolute Gasteiger partial charge is 0.467 e. The predicted octanol–water partition coefficient (Wildman–Crippen LogP) is 3.80. The highest BCUT2D eigenvalue weighted by molar-refractivity contribution is 6.74. The minimum atomic E-state index is -2.15. The summed E-state index contributed by atoms with van der Waals surface area (Å²) < 4.78 is 36.9. The van der Waals surface area contributed by atoms with Gasteiger partial charge in [0, 0.05) is 33.5 Å². The normalized spacial score (nSPS) is 36.5. The van der Waals surface area contributed by atoms with E-state index in [1.54, 1.807) is 7.11 Å². The van der Waals surface area contributed by atoms with Crippen molar-refractivity contribution in [2.45, 2.75) is 113 Å². The van der Waals surface area contributed by atoms with E-state index < -0.39 is 37.9 Å². The van der Waals surface area contributed by atoms with Crippen LogP contribution in [-0.4, -0.2) is 71.4 Å². The average Bonchev–Trinajstić information content (AvgIpc) is 3.04. The Kier molecular flexibility index (Phi) is 6.79. The van der Waals surface area contributed by atoms with Gasteiger partial charge in [0.25, 0.3) is 0 Å². The first-order valence-electron chi connectivity index (χ1n) is 11.1. The minimum Gasteiger partial charge on any atom is -0.467 e. The van der Waals surface area contributed by atoms with Crippen LogP contribution in [-0.2, 0) is 32.9 Å². The number of rotatable bonds is 5. The lowest BCUT2D eigenvalue weighted by atomic mass is 9.76. The fraction of sp³-hybridized carbons (Fsp3) is 0.955. The Morgan fingerprint density at radius 2 is 1.60 bits per heavy atom. The summed E-state index contributed by atoms with van der Waals surface area (Å²) in [6.07, 6.45) is 3.57. The smallest absolute Gasteiger partial charge is 0.341 e. The molecule has 174 valence electrons. The molecule has 2 aliphatic carbocycles. The van der Waals surface area contributed by atoms with E-state index >= 15 is 0 Å². The van der Waals surface area contributed by atoms with Crippen LogP contribution in [0.15, 0.2) is 0 Å². The molecule has 0 radical (unpaired) electrons. The van der Waals surface area contributed by atoms with Gasteiger partial charge >= 0.3 is 5.97 Å². The zero-order valence-electron chi connectivity index (χ0n) is 19.9. The Labute approximate surface area is 182 Å². The van der Waals surface area contributed by atoms with Crippen LogP contribution >= 0.6 is 0 Å². The topological polar surface area (TPSA) is 72.5 Å². The van der Waals surface area contributed by atoms with Gasteiger partial charge in [-0.15, -0.1) is 0 Å². The molecule has 2 saturated carbocycles. The number of esters is 1. The van der Waals surface area contributed by atoms with Gasteiger partial charge in [0.2, 0.25) is 0 Å². The molecule has 3 rings (SSSR count). The molecule has 0 N–H and O–H groups in total. The predicted molar refractivity (Wildman–Crippen MR) is 115 cm³/mol. The van der Waals surface area contributed by atoms with Crippen molar-refractivity contribution in [3.63, 3.8) is 0 Å². The summed E-state index contributed by atoms with van der Waals surface area (Å²) in [5.74, 6) is -1.09. The maximum absolute atomic E-state index is 13.0. The molecule has 0 aromatic carbocycles. The van der Waals surface area contributed by atoms with Gasteiger partial charge in [-0.1, -0.05) is 27.2 Å². The van der Waals surface area contributed by atoms with E-state index in [4.69, 9.17) is 28.1 Å². The molecular formula is C22H40O7Si. The van der Waals surface area contributed by atoms with E-state index in [9.17, 15) is 4.79 Å². The third kappa shape index (κ3) is 3.99. The van der Waals surface area contributed by atoms with Gasteiger partial charge in [0.05, 0.1) is 13.2 Å². The molecule has 7 nitrogen and oxygen atoms in total. The standard InChI is InChI=1S/C22H40O7Si/c1-20(2,3)30(7,8)29-15-14-22(26-6,19(23)25-5)18(24-4)17-16(15)27-21(28-17)12-10-9-11-13-21/h15-18H,9-14H2,1-8H3/t15-,16+,17+,18+,22-/m1/s1. The molecule has 30 heavy (non-hydrogen) atoms. The lowest BCUT2D eigenvalue weighted by Crippen LogP contribution is -2.68. The van der Waals surface area contributed by atoms with Gasteiger partial charge in [0.1, 0.15) is 18.3 Å². The van der Waals surface area contributed by atoms with Crippen molar-refractivity contribution in [2.75, 3.05) is 21.3 Å². The summed E-state index contributed by atoms with van der Waals surface area (Å²) in [5.41, 5.74) is -1.30. The summed E-state index contributed by atoms with van der Waals surface area (Å²) in [7, 11) is 2.34. The van der Waals surface area contributed by atoms with Gasteiger partial charge in [-0.05, 0) is 31.0 Å². The Balaban J connectivity index is 2.01. The van der Waals surface area contributed by atoms with Crippen LogP contribution in [0.1, 0.15) is 59.3 Å². The lowest BCUT2D eigenvalue weighted by Gasteiger charge is -2.49. The molecule has 1 aliphatic heterocycles. The van der Waals surface area contributed by atoms with Crippen LogP contribution < -0.4 is 0 Å². The van der Waals surface area contributed by atoms with Gasteiger partial charge in [-0.25, -0.2) is 4.79 Å². The summed E-state index contributed by atoms with van der Waals surface area (Å²) in [4.78, 5) is 13.0. The highest BCUT2D eigenvalue weighted by Gasteiger charge is 2.66. The molecule has 0 unspecified atom stereocenters. The van der Waals surface area contributed by atoms with E-state index in [1.807, 2.05) is 0 Å². The van der Waals surface area contributed by atoms with Gasteiger partial charge in [0.15, 0.2) is 19.7 Å². The number of methoxy groups -OCH3 is 3. The fourth-order valence-corrected chi connectivity index (χ4v) is 6.27. The molecule has 5 atom stereocenters. The molecule has 0 aromatic rings. The van der Waals surface area contributed by atoms with Crippen molar-refractivity contribution >= 4 is 14.3 Å². The zero-order chi connectivity index (χ0) is 22.4. The molecular weight excluding hydrogens is 404 g/mol. The molecule has 0 amide bonds. The third-order valence-corrected chi connectivity index (χ3v) is 12.2. The van der Waals surface area contributed by atoms with Crippen molar-refractivity contribution in [3.8, 4) is 0 Å². The Morgan fingerprint density at radius 3 is 2.10 bits per heavy atom. The monoisotopic (exact) mass is 444 g/mol. The number of ether oxygens (including phenoxy) is 5. The fourth-order valence-electron chi connectivity index (χ4n) is 4.95. The summed E-state index contributed by atoms with van der Waals surface area (Å²) in [5, 5.41) is 0.0174. The van der Waals surface area contributed by atoms with Crippen LogP contribution in [0.3, 0.4) is 0 Å². The summed E-state index contributed by atoms with van der Waals surface area (Å²) in [6.45, 7) is 11.0. The number of hydrogen-bond acceptors (Lipinski definition) is 7. The zero-order valence-corrected chi connectivity index (χ0v) is 20.9. The second-order valence-corrected chi connectivity index (χ2v) is 15.3. The van der Waals surface area contributed by atoms with Crippen LogP contribution in [0, 0.1) is 0 Å². The molecule has 1 saturated heterocycles. The van der Waals surface area contributed by atoms with Gasteiger partial charge < -0.3 is 28.1 Å². The number of fused-ring (bicyclic) bond motifs is 1. The van der Waals surface area contributed by atoms with E-state index in [-0.39, 0.29) is 17.2 Å². The van der Waals surface area contributed by atoms with Crippen LogP contribution in [0.25, 0.3) is 0 Å². The quantitative estimate of drug-likeness (QED) is 0.472. The third-order valence-electron chi connectivity index (χ3n) is 7.67. The lowest BCUT2D eigenvalue weighted by molar-refractivity contribution is -0.228. The van der Waals surface area contributed by atoms with E-state index in [0.29, 0.717) is 6.42 Å². The first-order valence-corrected chi connectivity index (χ1v) is 14.1. The summed E-state index contributed by atoms with van der Waals surface area (Å²) >= 11 is 0. The minimum absolute atomic E-state index is 0.0174. The number of carbonyl (C=O) groups excluding carboxylic acids is 1. The first kappa shape index (κ1) is 24.1. The van der Waals surface area contributed by atoms with Crippen molar-refractivity contribution in [1.82, 2.24) is 0 Å². The number of carbonyl (C=O) groups is 1. The maximum Gasteiger partial charge on any atom is 0.341 e. The van der Waals surface area contributed by atoms with Crippen LogP contribution in [0.5, 0.6) is 0 Å². The Hall–Kier alpha value is -0.513. The summed E-state index contributed by atoms with van der Waals surface area (Å²) in [6, 6.07) is 0. The van der Waals surface area contributed by atoms with E-state index in [2.05, 4.69) is 33.9 Å². The van der Waals surface area contributed by atoms with Crippen molar-refractivity contribution in [1.29, 1.82) is 0 Å². The molecule has 8 heteroatoms. The SMILES string of the molecule is COC(=O)[C@@]1(OC)C[C@@H](O[Si](C)(C)C(C)(C)C)[C@@H]2OC3(CCCCC3)O[C@@H]2[C@@H]1OC. The average molecular weight is 445 g/mol. The van der Waals surface area contributed by atoms with Crippen molar-refractivity contribution in [2.24, 2.45) is 0 Å². The molecule has 3 fully saturated rings. The highest BCUT2D eigenvalue weighted by atomic mass is 28.4. The van der Waals surface area contributed by atoms with Crippen LogP contribution in [0.4, 0.5) is 0 Å². The molecule has 3 aliphatic rings. The molecule has 1 heterocycles. The van der Waals surface area contributed by atoms with Gasteiger partial charge in [-0.2, -0.15) is 0 Å². The molecule has 0 bridgehead atoms. The molecule has 1 spiro atoms. The van der Waals surface area contributed by atoms with E-state index in [1.165, 1.54) is 20.6 Å². The highest BCUT2D eigenvalue weighted by Crippen LogP contribution is 2.50. The Morgan fingerprint density at radius 1 is 1.00 bits per heavy atom. The van der Waals surface area contributed by atoms with E-state index in [0.717, 1.165) is 25.7 Å². The molecule has 0 aromatic heterocycles. The second-order valence-electron chi connectivity index (χ2n) is 10.5. The van der Waals surface area contributed by atoms with Crippen molar-refractivity contribution < 1.29 is 32.9 Å². The second kappa shape index (κ2) is 8.44.